The topological polar surface area (TPSA) is 87.7 Å². The molecule has 1 heterocycles. The van der Waals surface area contributed by atoms with Crippen molar-refractivity contribution in [2.45, 2.75) is 32.4 Å². The summed E-state index contributed by atoms with van der Waals surface area (Å²) in [5.41, 5.74) is 1.23. The molecule has 0 radical (unpaired) electrons. The quantitative estimate of drug-likeness (QED) is 0.680. The molecule has 2 amide bonds. The third kappa shape index (κ3) is 5.58. The Morgan fingerprint density at radius 2 is 2.20 bits per heavy atom. The van der Waals surface area contributed by atoms with Crippen molar-refractivity contribution in [1.29, 1.82) is 0 Å². The maximum Gasteiger partial charge on any atom is 0.315 e. The van der Waals surface area contributed by atoms with Crippen LogP contribution in [0.3, 0.4) is 0 Å². The van der Waals surface area contributed by atoms with Gasteiger partial charge in [-0.3, -0.25) is 4.79 Å². The number of amides is 2. The van der Waals surface area contributed by atoms with Crippen LogP contribution in [0, 0.1) is 0 Å². The Bertz CT molecular complexity index is 447. The molecule has 112 valence electrons. The first-order valence-electron chi connectivity index (χ1n) is 6.38. The normalized spacial score (nSPS) is 11.9. The van der Waals surface area contributed by atoms with Crippen molar-refractivity contribution in [3.8, 4) is 0 Å². The summed E-state index contributed by atoms with van der Waals surface area (Å²) in [5, 5.41) is 16.0. The van der Waals surface area contributed by atoms with E-state index in [2.05, 4.69) is 17.6 Å². The number of hydrogen-bond donors (Lipinski definition) is 3. The minimum atomic E-state index is -0.953. The van der Waals surface area contributed by atoms with Crippen LogP contribution < -0.4 is 10.6 Å². The number of carboxylic acids is 1. The number of carbonyl (C=O) groups is 2. The van der Waals surface area contributed by atoms with Crippen molar-refractivity contribution in [1.82, 2.24) is 10.6 Å². The highest BCUT2D eigenvalue weighted by Crippen LogP contribution is 2.16. The van der Waals surface area contributed by atoms with E-state index in [0.29, 0.717) is 6.54 Å². The van der Waals surface area contributed by atoms with Crippen LogP contribution in [0.5, 0.6) is 0 Å². The van der Waals surface area contributed by atoms with Crippen molar-refractivity contribution in [2.24, 2.45) is 0 Å². The largest absolute Gasteiger partial charge is 0.481 e. The van der Waals surface area contributed by atoms with Crippen molar-refractivity contribution >= 4 is 23.3 Å². The molecule has 0 spiro atoms. The van der Waals surface area contributed by atoms with Gasteiger partial charge in [-0.1, -0.05) is 6.92 Å². The number of aryl methyl sites for hydroxylation is 1. The molecule has 20 heavy (non-hydrogen) atoms. The molecular formula is C13H20N2O4S. The molecule has 0 fully saturated rings. The molecule has 0 bridgehead atoms. The van der Waals surface area contributed by atoms with Gasteiger partial charge in [0.1, 0.15) is 0 Å². The van der Waals surface area contributed by atoms with E-state index in [1.54, 1.807) is 11.3 Å². The van der Waals surface area contributed by atoms with Gasteiger partial charge in [-0.05, 0) is 23.4 Å². The highest BCUT2D eigenvalue weighted by atomic mass is 32.1. The summed E-state index contributed by atoms with van der Waals surface area (Å²) in [5.74, 6) is -0.953. The smallest absolute Gasteiger partial charge is 0.315 e. The van der Waals surface area contributed by atoms with Crippen LogP contribution in [0.15, 0.2) is 11.4 Å². The highest BCUT2D eigenvalue weighted by Gasteiger charge is 2.13. The zero-order valence-electron chi connectivity index (χ0n) is 11.6. The first-order valence-corrected chi connectivity index (χ1v) is 7.26. The Kier molecular flexibility index (Phi) is 7.03. The molecule has 6 nitrogen and oxygen atoms in total. The fourth-order valence-corrected chi connectivity index (χ4v) is 2.62. The first kappa shape index (κ1) is 16.5. The summed E-state index contributed by atoms with van der Waals surface area (Å²) in [7, 11) is 1.42. The molecule has 7 heteroatoms. The minimum absolute atomic E-state index is 0.137. The maximum atomic E-state index is 11.6. The molecule has 0 aromatic carbocycles. The fraction of sp³-hybridized carbons (Fsp3) is 0.538. The second-order valence-electron chi connectivity index (χ2n) is 4.24. The highest BCUT2D eigenvalue weighted by molar-refractivity contribution is 7.10. The summed E-state index contributed by atoms with van der Waals surface area (Å²) < 4.78 is 4.98. The van der Waals surface area contributed by atoms with E-state index in [9.17, 15) is 9.59 Å². The molecule has 0 aliphatic carbocycles. The standard InChI is InChI=1S/C13H20N2O4S/c1-3-9-4-5-20-11(9)8-15-13(18)14-7-10(19-2)6-12(16)17/h4-5,10H,3,6-8H2,1-2H3,(H,16,17)(H2,14,15,18). The van der Waals surface area contributed by atoms with Gasteiger partial charge < -0.3 is 20.5 Å². The Balaban J connectivity index is 2.31. The van der Waals surface area contributed by atoms with Crippen LogP contribution in [0.4, 0.5) is 4.79 Å². The summed E-state index contributed by atoms with van der Waals surface area (Å²) >= 11 is 1.61. The number of methoxy groups -OCH3 is 1. The number of aliphatic carboxylic acids is 1. The third-order valence-corrected chi connectivity index (χ3v) is 3.82. The predicted molar refractivity (Wildman–Crippen MR) is 77.0 cm³/mol. The zero-order chi connectivity index (χ0) is 15.0. The van der Waals surface area contributed by atoms with E-state index >= 15 is 0 Å². The van der Waals surface area contributed by atoms with Gasteiger partial charge in [0.25, 0.3) is 0 Å². The summed E-state index contributed by atoms with van der Waals surface area (Å²) in [6.07, 6.45) is 0.278. The lowest BCUT2D eigenvalue weighted by Gasteiger charge is -2.14. The van der Waals surface area contributed by atoms with Crippen LogP contribution in [-0.4, -0.2) is 36.9 Å². The summed E-state index contributed by atoms with van der Waals surface area (Å²) in [6, 6.07) is 1.72. The fourth-order valence-electron chi connectivity index (χ4n) is 1.70. The zero-order valence-corrected chi connectivity index (χ0v) is 12.5. The number of thiophene rings is 1. The van der Waals surface area contributed by atoms with Gasteiger partial charge in [-0.2, -0.15) is 0 Å². The van der Waals surface area contributed by atoms with E-state index in [-0.39, 0.29) is 19.0 Å². The minimum Gasteiger partial charge on any atom is -0.481 e. The van der Waals surface area contributed by atoms with E-state index in [1.807, 2.05) is 11.4 Å². The summed E-state index contributed by atoms with van der Waals surface area (Å²) in [4.78, 5) is 23.3. The lowest BCUT2D eigenvalue weighted by Crippen LogP contribution is -2.40. The van der Waals surface area contributed by atoms with Crippen LogP contribution >= 0.6 is 11.3 Å². The Morgan fingerprint density at radius 1 is 1.45 bits per heavy atom. The average molecular weight is 300 g/mol. The lowest BCUT2D eigenvalue weighted by atomic mass is 10.2. The van der Waals surface area contributed by atoms with Gasteiger partial charge in [0.15, 0.2) is 0 Å². The lowest BCUT2D eigenvalue weighted by molar-refractivity contribution is -0.139. The number of ether oxygens (including phenoxy) is 1. The van der Waals surface area contributed by atoms with Gasteiger partial charge in [0.05, 0.1) is 19.1 Å². The molecular weight excluding hydrogens is 280 g/mol. The maximum absolute atomic E-state index is 11.6. The molecule has 0 aliphatic rings. The van der Waals surface area contributed by atoms with Gasteiger partial charge in [0, 0.05) is 18.5 Å². The summed E-state index contributed by atoms with van der Waals surface area (Å²) in [6.45, 7) is 2.71. The van der Waals surface area contributed by atoms with Crippen molar-refractivity contribution in [3.63, 3.8) is 0 Å². The molecule has 1 atom stereocenters. The predicted octanol–water partition coefficient (Wildman–Crippen LogP) is 1.60. The van der Waals surface area contributed by atoms with Gasteiger partial charge in [0.2, 0.25) is 0 Å². The number of urea groups is 1. The monoisotopic (exact) mass is 300 g/mol. The number of hydrogen-bond acceptors (Lipinski definition) is 4. The molecule has 3 N–H and O–H groups in total. The van der Waals surface area contributed by atoms with Gasteiger partial charge in [-0.25, -0.2) is 4.79 Å². The average Bonchev–Trinajstić information content (AvgIpc) is 2.88. The van der Waals surface area contributed by atoms with Crippen LogP contribution in [-0.2, 0) is 22.5 Å². The van der Waals surface area contributed by atoms with Crippen molar-refractivity contribution in [2.75, 3.05) is 13.7 Å². The van der Waals surface area contributed by atoms with Crippen LogP contribution in [0.2, 0.25) is 0 Å². The molecule has 1 aromatic rings. The Hall–Kier alpha value is -1.60. The van der Waals surface area contributed by atoms with E-state index in [0.717, 1.165) is 11.3 Å². The number of carboxylic acid groups (broad SMARTS) is 1. The molecule has 1 unspecified atom stereocenters. The number of nitrogens with one attached hydrogen (secondary N) is 2. The molecule has 0 saturated carbocycles. The van der Waals surface area contributed by atoms with E-state index in [4.69, 9.17) is 9.84 Å². The molecule has 0 aliphatic heterocycles. The van der Waals surface area contributed by atoms with Crippen molar-refractivity contribution < 1.29 is 19.4 Å². The second kappa shape index (κ2) is 8.55. The molecule has 1 aromatic heterocycles. The Labute approximate surface area is 122 Å². The number of carbonyl (C=O) groups excluding carboxylic acids is 1. The molecule has 0 saturated heterocycles. The SMILES string of the molecule is CCc1ccsc1CNC(=O)NCC(CC(=O)O)OC. The van der Waals surface area contributed by atoms with Crippen molar-refractivity contribution in [3.05, 3.63) is 21.9 Å². The third-order valence-electron chi connectivity index (χ3n) is 2.85. The Morgan fingerprint density at radius 3 is 2.80 bits per heavy atom. The van der Waals surface area contributed by atoms with Gasteiger partial charge >= 0.3 is 12.0 Å². The second-order valence-corrected chi connectivity index (χ2v) is 5.24. The van der Waals surface area contributed by atoms with Crippen LogP contribution in [0.25, 0.3) is 0 Å². The first-order chi connectivity index (χ1) is 9.56. The molecule has 1 rings (SSSR count). The van der Waals surface area contributed by atoms with Gasteiger partial charge in [-0.15, -0.1) is 11.3 Å². The van der Waals surface area contributed by atoms with Crippen LogP contribution in [0.1, 0.15) is 23.8 Å². The van der Waals surface area contributed by atoms with E-state index in [1.165, 1.54) is 12.7 Å². The number of rotatable bonds is 8. The van der Waals surface area contributed by atoms with E-state index < -0.39 is 12.1 Å².